The van der Waals surface area contributed by atoms with Gasteiger partial charge in [-0.05, 0) is 46.0 Å². The molecule has 6 nitrogen and oxygen atoms in total. The van der Waals surface area contributed by atoms with E-state index in [0.29, 0.717) is 19.3 Å². The Kier molecular flexibility index (Phi) is 8.78. The number of rotatable bonds is 10. The number of halogens is 6. The number of hydrogen-bond donors (Lipinski definition) is 0. The molecule has 0 saturated heterocycles. The fourth-order valence-electron chi connectivity index (χ4n) is 2.56. The van der Waals surface area contributed by atoms with Gasteiger partial charge in [-0.2, -0.15) is 26.3 Å². The topological polar surface area (TPSA) is 78.9 Å². The fraction of sp³-hybridized carbons (Fsp3) is 0.842. The number of carbonyl (C=O) groups excluding carboxylic acids is 3. The van der Waals surface area contributed by atoms with Crippen LogP contribution in [0, 0.1) is 5.41 Å². The molecule has 31 heavy (non-hydrogen) atoms. The van der Waals surface area contributed by atoms with Crippen LogP contribution in [-0.4, -0.2) is 55.0 Å². The maximum absolute atomic E-state index is 13.9. The van der Waals surface area contributed by atoms with Gasteiger partial charge in [0, 0.05) is 0 Å². The summed E-state index contributed by atoms with van der Waals surface area (Å²) in [7, 11) is 0. The summed E-state index contributed by atoms with van der Waals surface area (Å²) in [6.07, 6.45) is 1.28. The molecule has 1 rings (SSSR count). The number of carbonyl (C=O) groups is 3. The molecule has 1 aliphatic carbocycles. The minimum Gasteiger partial charge on any atom is -0.462 e. The smallest absolute Gasteiger partial charge is 0.411 e. The molecule has 1 aliphatic rings. The van der Waals surface area contributed by atoms with Crippen molar-refractivity contribution in [3.8, 4) is 0 Å². The van der Waals surface area contributed by atoms with Crippen LogP contribution in [0.5, 0.6) is 0 Å². The van der Waals surface area contributed by atoms with Crippen molar-refractivity contribution in [2.24, 2.45) is 5.41 Å². The van der Waals surface area contributed by atoms with Crippen molar-refractivity contribution in [2.75, 3.05) is 13.2 Å². The molecule has 0 N–H and O–H groups in total. The molecule has 0 radical (unpaired) electrons. The second-order valence-electron chi connectivity index (χ2n) is 7.90. The SMILES string of the molecule is CCC(C)(C)C(=O)OCCOC(=O)C(F)(F)C(F)(F)C(F)(F)C(=O)OC1CCCCC1. The standard InChI is InChI=1S/C19H26F6O6/c1-4-16(2,3)13(26)29-10-11-30-14(27)17(20,21)19(24,25)18(22,23)15(28)31-12-8-6-5-7-9-12/h12H,4-11H2,1-3H3. The van der Waals surface area contributed by atoms with E-state index in [4.69, 9.17) is 0 Å². The molecule has 0 heterocycles. The summed E-state index contributed by atoms with van der Waals surface area (Å²) >= 11 is 0. The van der Waals surface area contributed by atoms with Crippen molar-refractivity contribution < 1.29 is 54.9 Å². The minimum absolute atomic E-state index is 0.138. The molecule has 0 aromatic heterocycles. The van der Waals surface area contributed by atoms with Gasteiger partial charge in [-0.15, -0.1) is 0 Å². The third kappa shape index (κ3) is 6.03. The first-order valence-electron chi connectivity index (χ1n) is 9.80. The quantitative estimate of drug-likeness (QED) is 0.208. The van der Waals surface area contributed by atoms with Gasteiger partial charge in [-0.1, -0.05) is 13.3 Å². The van der Waals surface area contributed by atoms with E-state index in [0.717, 1.165) is 6.42 Å². The first-order chi connectivity index (χ1) is 14.1. The molecular weight excluding hydrogens is 438 g/mol. The van der Waals surface area contributed by atoms with Gasteiger partial charge in [-0.3, -0.25) is 4.79 Å². The molecule has 0 aromatic rings. The highest BCUT2D eigenvalue weighted by Gasteiger charge is 2.79. The molecule has 180 valence electrons. The Hall–Kier alpha value is -2.01. The van der Waals surface area contributed by atoms with Crippen molar-refractivity contribution in [1.82, 2.24) is 0 Å². The van der Waals surface area contributed by atoms with Gasteiger partial charge in [0.2, 0.25) is 0 Å². The van der Waals surface area contributed by atoms with Crippen LogP contribution in [0.15, 0.2) is 0 Å². The van der Waals surface area contributed by atoms with Crippen molar-refractivity contribution in [2.45, 2.75) is 83.2 Å². The molecule has 0 bridgehead atoms. The highest BCUT2D eigenvalue weighted by atomic mass is 19.3. The first-order valence-corrected chi connectivity index (χ1v) is 9.80. The van der Waals surface area contributed by atoms with Crippen LogP contribution >= 0.6 is 0 Å². The Morgan fingerprint density at radius 2 is 1.23 bits per heavy atom. The van der Waals surface area contributed by atoms with E-state index in [9.17, 15) is 40.7 Å². The third-order valence-corrected chi connectivity index (χ3v) is 5.11. The van der Waals surface area contributed by atoms with Gasteiger partial charge in [-0.25, -0.2) is 9.59 Å². The molecule has 1 fully saturated rings. The van der Waals surface area contributed by atoms with Gasteiger partial charge in [0.25, 0.3) is 0 Å². The van der Waals surface area contributed by atoms with Crippen molar-refractivity contribution >= 4 is 17.9 Å². The predicted molar refractivity (Wildman–Crippen MR) is 93.8 cm³/mol. The second kappa shape index (κ2) is 10.1. The molecule has 0 aliphatic heterocycles. The Balaban J connectivity index is 2.73. The Morgan fingerprint density at radius 3 is 1.71 bits per heavy atom. The van der Waals surface area contributed by atoms with E-state index in [1.54, 1.807) is 6.92 Å². The zero-order chi connectivity index (χ0) is 24.1. The summed E-state index contributed by atoms with van der Waals surface area (Å²) in [5, 5.41) is 0. The average molecular weight is 464 g/mol. The number of alkyl halides is 6. The lowest BCUT2D eigenvalue weighted by molar-refractivity contribution is -0.302. The predicted octanol–water partition coefficient (Wildman–Crippen LogP) is 4.29. The van der Waals surface area contributed by atoms with Gasteiger partial charge < -0.3 is 14.2 Å². The maximum Gasteiger partial charge on any atom is 0.411 e. The van der Waals surface area contributed by atoms with Crippen LogP contribution in [-0.2, 0) is 28.6 Å². The monoisotopic (exact) mass is 464 g/mol. The Morgan fingerprint density at radius 1 is 0.774 bits per heavy atom. The van der Waals surface area contributed by atoms with Gasteiger partial charge in [0.05, 0.1) is 5.41 Å². The van der Waals surface area contributed by atoms with Crippen LogP contribution in [0.4, 0.5) is 26.3 Å². The summed E-state index contributed by atoms with van der Waals surface area (Å²) in [6.45, 7) is 2.88. The molecule has 12 heteroatoms. The van der Waals surface area contributed by atoms with Crippen LogP contribution in [0.3, 0.4) is 0 Å². The lowest BCUT2D eigenvalue weighted by atomic mass is 9.91. The summed E-state index contributed by atoms with van der Waals surface area (Å²) in [5.74, 6) is -25.0. The van der Waals surface area contributed by atoms with Crippen LogP contribution in [0.2, 0.25) is 0 Å². The fourth-order valence-corrected chi connectivity index (χ4v) is 2.56. The van der Waals surface area contributed by atoms with E-state index in [1.807, 2.05) is 0 Å². The lowest BCUT2D eigenvalue weighted by Gasteiger charge is -2.31. The van der Waals surface area contributed by atoms with Crippen molar-refractivity contribution in [3.63, 3.8) is 0 Å². The maximum atomic E-state index is 13.9. The lowest BCUT2D eigenvalue weighted by Crippen LogP contribution is -2.62. The van der Waals surface area contributed by atoms with Crippen LogP contribution in [0.25, 0.3) is 0 Å². The van der Waals surface area contributed by atoms with Crippen molar-refractivity contribution in [1.29, 1.82) is 0 Å². The normalized spacial score (nSPS) is 16.5. The number of esters is 3. The zero-order valence-corrected chi connectivity index (χ0v) is 17.5. The Bertz CT molecular complexity index is 658. The molecule has 0 unspecified atom stereocenters. The van der Waals surface area contributed by atoms with Crippen LogP contribution in [0.1, 0.15) is 59.3 Å². The van der Waals surface area contributed by atoms with E-state index in [2.05, 4.69) is 14.2 Å². The van der Waals surface area contributed by atoms with E-state index >= 15 is 0 Å². The summed E-state index contributed by atoms with van der Waals surface area (Å²) in [5.41, 5.74) is -0.929. The molecule has 0 atom stereocenters. The Labute approximate surface area is 175 Å². The van der Waals surface area contributed by atoms with E-state index < -0.39 is 60.4 Å². The molecule has 0 amide bonds. The number of hydrogen-bond acceptors (Lipinski definition) is 6. The highest BCUT2D eigenvalue weighted by Crippen LogP contribution is 2.47. The molecule has 0 spiro atoms. The summed E-state index contributed by atoms with van der Waals surface area (Å²) < 4.78 is 96.1. The third-order valence-electron chi connectivity index (χ3n) is 5.11. The summed E-state index contributed by atoms with van der Waals surface area (Å²) in [6, 6.07) is 0. The summed E-state index contributed by atoms with van der Waals surface area (Å²) in [4.78, 5) is 34.6. The van der Waals surface area contributed by atoms with Gasteiger partial charge in [0.15, 0.2) is 0 Å². The van der Waals surface area contributed by atoms with Gasteiger partial charge in [0.1, 0.15) is 19.3 Å². The molecule has 0 aromatic carbocycles. The first kappa shape index (κ1) is 27.0. The molecule has 1 saturated carbocycles. The zero-order valence-electron chi connectivity index (χ0n) is 17.5. The van der Waals surface area contributed by atoms with E-state index in [1.165, 1.54) is 13.8 Å². The van der Waals surface area contributed by atoms with E-state index in [-0.39, 0.29) is 12.8 Å². The van der Waals surface area contributed by atoms with Crippen molar-refractivity contribution in [3.05, 3.63) is 0 Å². The number of ether oxygens (including phenoxy) is 3. The van der Waals surface area contributed by atoms with Crippen LogP contribution < -0.4 is 0 Å². The average Bonchev–Trinajstić information content (AvgIpc) is 2.70. The second-order valence-corrected chi connectivity index (χ2v) is 7.90. The largest absolute Gasteiger partial charge is 0.462 e. The highest BCUT2D eigenvalue weighted by molar-refractivity contribution is 5.84. The van der Waals surface area contributed by atoms with Gasteiger partial charge >= 0.3 is 35.7 Å². The minimum atomic E-state index is -6.41. The molecular formula is C19H26F6O6.